The second-order valence-corrected chi connectivity index (χ2v) is 7.07. The lowest BCUT2D eigenvalue weighted by Crippen LogP contribution is -2.51. The predicted molar refractivity (Wildman–Crippen MR) is 124 cm³/mol. The molecular weight excluding hydrogens is 485 g/mol. The molecule has 3 aromatic rings. The molecule has 0 aliphatic carbocycles. The molecule has 3 heterocycles. The molecule has 0 unspecified atom stereocenters. The average Bonchev–Trinajstić information content (AvgIpc) is 3.22. The molecule has 9 heteroatoms. The number of guanidine groups is 1. The fraction of sp³-hybridized carbons (Fsp3) is 0.263. The van der Waals surface area contributed by atoms with E-state index in [-0.39, 0.29) is 24.0 Å². The average molecular weight is 507 g/mol. The zero-order valence-corrected chi connectivity index (χ0v) is 18.5. The van der Waals surface area contributed by atoms with Crippen molar-refractivity contribution in [3.63, 3.8) is 0 Å². The van der Waals surface area contributed by atoms with Gasteiger partial charge in [-0.15, -0.1) is 35.3 Å². The van der Waals surface area contributed by atoms with Gasteiger partial charge >= 0.3 is 0 Å². The molecule has 0 spiro atoms. The van der Waals surface area contributed by atoms with E-state index in [0.717, 1.165) is 48.4 Å². The first kappa shape index (κ1) is 20.5. The van der Waals surface area contributed by atoms with Crippen LogP contribution in [0.5, 0.6) is 0 Å². The molecule has 1 aliphatic rings. The van der Waals surface area contributed by atoms with Gasteiger partial charge in [0.25, 0.3) is 0 Å². The van der Waals surface area contributed by atoms with Crippen LogP contribution >= 0.6 is 35.3 Å². The SMILES string of the molecule is I.NC(=NCc1csc(-c2ccccc2)n1)N1CCN(c2ncccn2)CC1. The molecule has 0 amide bonds. The molecule has 1 saturated heterocycles. The Morgan fingerprint density at radius 3 is 2.46 bits per heavy atom. The Bertz CT molecular complexity index is 893. The number of piperazine rings is 1. The van der Waals surface area contributed by atoms with Crippen LogP contribution < -0.4 is 10.6 Å². The highest BCUT2D eigenvalue weighted by atomic mass is 127. The van der Waals surface area contributed by atoms with Gasteiger partial charge < -0.3 is 15.5 Å². The zero-order valence-electron chi connectivity index (χ0n) is 15.3. The van der Waals surface area contributed by atoms with Crippen molar-refractivity contribution in [3.8, 4) is 10.6 Å². The van der Waals surface area contributed by atoms with Crippen molar-refractivity contribution in [1.29, 1.82) is 0 Å². The number of hydrogen-bond acceptors (Lipinski definition) is 6. The van der Waals surface area contributed by atoms with Crippen LogP contribution in [0.1, 0.15) is 5.69 Å². The normalized spacial score (nSPS) is 14.6. The van der Waals surface area contributed by atoms with Crippen LogP contribution in [0.2, 0.25) is 0 Å². The lowest BCUT2D eigenvalue weighted by Gasteiger charge is -2.35. The van der Waals surface area contributed by atoms with Gasteiger partial charge in [0.2, 0.25) is 5.95 Å². The van der Waals surface area contributed by atoms with Crippen molar-refractivity contribution in [2.24, 2.45) is 10.7 Å². The lowest BCUT2D eigenvalue weighted by molar-refractivity contribution is 0.378. The topological polar surface area (TPSA) is 83.5 Å². The van der Waals surface area contributed by atoms with Crippen LogP contribution in [0, 0.1) is 0 Å². The Kier molecular flexibility index (Phi) is 7.15. The molecule has 0 atom stereocenters. The van der Waals surface area contributed by atoms with Crippen LogP contribution in [-0.2, 0) is 6.54 Å². The van der Waals surface area contributed by atoms with E-state index >= 15 is 0 Å². The fourth-order valence-corrected chi connectivity index (χ4v) is 3.76. The molecular formula is C19H22IN7S. The van der Waals surface area contributed by atoms with Gasteiger partial charge in [0.05, 0.1) is 12.2 Å². The highest BCUT2D eigenvalue weighted by Crippen LogP contribution is 2.23. The summed E-state index contributed by atoms with van der Waals surface area (Å²) in [4.78, 5) is 22.1. The summed E-state index contributed by atoms with van der Waals surface area (Å²) in [6.45, 7) is 3.77. The largest absolute Gasteiger partial charge is 0.370 e. The van der Waals surface area contributed by atoms with Crippen molar-refractivity contribution in [2.75, 3.05) is 31.1 Å². The molecule has 2 aromatic heterocycles. The van der Waals surface area contributed by atoms with E-state index in [1.54, 1.807) is 23.7 Å². The smallest absolute Gasteiger partial charge is 0.225 e. The summed E-state index contributed by atoms with van der Waals surface area (Å²) in [7, 11) is 0. The number of halogens is 1. The lowest BCUT2D eigenvalue weighted by atomic mass is 10.2. The Hall–Kier alpha value is -2.27. The van der Waals surface area contributed by atoms with E-state index in [4.69, 9.17) is 5.73 Å². The number of thiazole rings is 1. The quantitative estimate of drug-likeness (QED) is 0.332. The number of nitrogens with two attached hydrogens (primary N) is 1. The molecule has 1 fully saturated rings. The highest BCUT2D eigenvalue weighted by molar-refractivity contribution is 14.0. The summed E-state index contributed by atoms with van der Waals surface area (Å²) in [6.07, 6.45) is 3.53. The third kappa shape index (κ3) is 4.96. The van der Waals surface area contributed by atoms with Gasteiger partial charge in [0.1, 0.15) is 5.01 Å². The van der Waals surface area contributed by atoms with Crippen LogP contribution in [0.3, 0.4) is 0 Å². The monoisotopic (exact) mass is 507 g/mol. The number of rotatable bonds is 4. The minimum Gasteiger partial charge on any atom is -0.370 e. The van der Waals surface area contributed by atoms with E-state index in [2.05, 4.69) is 41.9 Å². The van der Waals surface area contributed by atoms with Gasteiger partial charge in [0, 0.05) is 49.5 Å². The molecule has 0 saturated carbocycles. The zero-order chi connectivity index (χ0) is 18.5. The molecule has 28 heavy (non-hydrogen) atoms. The highest BCUT2D eigenvalue weighted by Gasteiger charge is 2.19. The molecule has 1 aromatic carbocycles. The Morgan fingerprint density at radius 2 is 1.75 bits per heavy atom. The molecule has 0 radical (unpaired) electrons. The molecule has 7 nitrogen and oxygen atoms in total. The van der Waals surface area contributed by atoms with Crippen molar-refractivity contribution in [3.05, 3.63) is 59.9 Å². The van der Waals surface area contributed by atoms with Crippen molar-refractivity contribution >= 4 is 47.2 Å². The summed E-state index contributed by atoms with van der Waals surface area (Å²) in [6, 6.07) is 12.0. The van der Waals surface area contributed by atoms with E-state index < -0.39 is 0 Å². The maximum atomic E-state index is 6.20. The third-order valence-corrected chi connectivity index (χ3v) is 5.35. The van der Waals surface area contributed by atoms with Crippen LogP contribution in [-0.4, -0.2) is 52.0 Å². The molecule has 0 bridgehead atoms. The molecule has 2 N–H and O–H groups in total. The number of aromatic nitrogens is 3. The molecule has 1 aliphatic heterocycles. The first-order chi connectivity index (χ1) is 13.3. The summed E-state index contributed by atoms with van der Waals surface area (Å²) in [5.74, 6) is 1.33. The van der Waals surface area contributed by atoms with Crippen LogP contribution in [0.15, 0.2) is 59.2 Å². The molecule has 4 rings (SSSR count). The number of hydrogen-bond donors (Lipinski definition) is 1. The maximum Gasteiger partial charge on any atom is 0.225 e. The minimum atomic E-state index is 0. The van der Waals surface area contributed by atoms with E-state index in [1.807, 2.05) is 29.6 Å². The second-order valence-electron chi connectivity index (χ2n) is 6.21. The maximum absolute atomic E-state index is 6.20. The third-order valence-electron chi connectivity index (χ3n) is 4.41. The second kappa shape index (κ2) is 9.78. The fourth-order valence-electron chi connectivity index (χ4n) is 2.94. The van der Waals surface area contributed by atoms with E-state index in [9.17, 15) is 0 Å². The number of benzene rings is 1. The summed E-state index contributed by atoms with van der Waals surface area (Å²) in [5.41, 5.74) is 8.27. The van der Waals surface area contributed by atoms with Gasteiger partial charge in [-0.1, -0.05) is 30.3 Å². The van der Waals surface area contributed by atoms with Crippen molar-refractivity contribution < 1.29 is 0 Å². The number of anilines is 1. The van der Waals surface area contributed by atoms with E-state index in [0.29, 0.717) is 12.5 Å². The van der Waals surface area contributed by atoms with Gasteiger partial charge in [-0.3, -0.25) is 0 Å². The standard InChI is InChI=1S/C19H21N7S.HI/c20-18(25-9-11-26(12-10-25)19-21-7-4-8-22-19)23-13-16-14-27-17(24-16)15-5-2-1-3-6-15;/h1-8,14H,9-13H2,(H2,20,23);1H. The van der Waals surface area contributed by atoms with Gasteiger partial charge in [-0.2, -0.15) is 0 Å². The molecule has 146 valence electrons. The van der Waals surface area contributed by atoms with Gasteiger partial charge in [-0.05, 0) is 6.07 Å². The van der Waals surface area contributed by atoms with E-state index in [1.165, 1.54) is 0 Å². The number of aliphatic imine (C=N–C) groups is 1. The summed E-state index contributed by atoms with van der Waals surface area (Å²) < 4.78 is 0. The van der Waals surface area contributed by atoms with Gasteiger partial charge in [-0.25, -0.2) is 19.9 Å². The Labute approximate surface area is 185 Å². The first-order valence-electron chi connectivity index (χ1n) is 8.86. The van der Waals surface area contributed by atoms with Crippen molar-refractivity contribution in [2.45, 2.75) is 6.54 Å². The minimum absolute atomic E-state index is 0. The predicted octanol–water partition coefficient (Wildman–Crippen LogP) is 2.86. The van der Waals surface area contributed by atoms with Crippen LogP contribution in [0.4, 0.5) is 5.95 Å². The number of nitrogens with zero attached hydrogens (tertiary/aromatic N) is 6. The van der Waals surface area contributed by atoms with Crippen LogP contribution in [0.25, 0.3) is 10.6 Å². The summed E-state index contributed by atoms with van der Waals surface area (Å²) in [5, 5.41) is 3.06. The first-order valence-corrected chi connectivity index (χ1v) is 9.74. The Morgan fingerprint density at radius 1 is 1.04 bits per heavy atom. The van der Waals surface area contributed by atoms with Crippen molar-refractivity contribution in [1.82, 2.24) is 19.9 Å². The van der Waals surface area contributed by atoms with Gasteiger partial charge in [0.15, 0.2) is 5.96 Å². The Balaban J connectivity index is 0.00000225. The summed E-state index contributed by atoms with van der Waals surface area (Å²) >= 11 is 1.63.